The molecule has 3 nitrogen and oxygen atoms in total. The van der Waals surface area contributed by atoms with Crippen LogP contribution in [0.15, 0.2) is 0 Å². The maximum atomic E-state index is 8.57. The zero-order valence-corrected chi connectivity index (χ0v) is 11.7. The predicted octanol–water partition coefficient (Wildman–Crippen LogP) is 2.71. The summed E-state index contributed by atoms with van der Waals surface area (Å²) in [6.07, 6.45) is 9.29. The van der Waals surface area contributed by atoms with Gasteiger partial charge in [-0.3, -0.25) is 10.3 Å². The summed E-state index contributed by atoms with van der Waals surface area (Å²) >= 11 is 0. The Balaban J connectivity index is 1.65. The lowest BCUT2D eigenvalue weighted by molar-refractivity contribution is 0.103. The molecule has 0 radical (unpaired) electrons. The molecule has 0 aromatic heterocycles. The summed E-state index contributed by atoms with van der Waals surface area (Å²) < 4.78 is 0. The number of nitrogens with one attached hydrogen (secondary N) is 1. The molecule has 1 N–H and O–H groups in total. The van der Waals surface area contributed by atoms with Crippen molar-refractivity contribution in [1.29, 1.82) is 5.41 Å². The average molecular weight is 249 g/mol. The average Bonchev–Trinajstić information content (AvgIpc) is 2.85. The van der Waals surface area contributed by atoms with Crippen LogP contribution in [0.1, 0.15) is 51.9 Å². The smallest absolute Gasteiger partial charge is 0.0992 e. The summed E-state index contributed by atoms with van der Waals surface area (Å²) in [4.78, 5) is 5.08. The zero-order chi connectivity index (χ0) is 12.5. The summed E-state index contributed by atoms with van der Waals surface area (Å²) in [5, 5.41) is 8.57. The van der Waals surface area contributed by atoms with Crippen molar-refractivity contribution in [2.75, 3.05) is 19.6 Å². The number of amidine groups is 1. The van der Waals surface area contributed by atoms with Crippen molar-refractivity contribution >= 4 is 5.84 Å². The van der Waals surface area contributed by atoms with Crippen molar-refractivity contribution < 1.29 is 0 Å². The number of hydrogen-bond donors (Lipinski definition) is 1. The molecule has 0 aromatic carbocycles. The van der Waals surface area contributed by atoms with E-state index in [1.54, 1.807) is 0 Å². The summed E-state index contributed by atoms with van der Waals surface area (Å²) in [6, 6.07) is 1.29. The molecule has 2 saturated heterocycles. The zero-order valence-electron chi connectivity index (χ0n) is 11.7. The van der Waals surface area contributed by atoms with Gasteiger partial charge in [0.2, 0.25) is 0 Å². The van der Waals surface area contributed by atoms with Gasteiger partial charge in [-0.1, -0.05) is 19.3 Å². The summed E-state index contributed by atoms with van der Waals surface area (Å²) in [7, 11) is 0. The minimum absolute atomic E-state index is 0.550. The van der Waals surface area contributed by atoms with Gasteiger partial charge in [0.25, 0.3) is 0 Å². The highest BCUT2D eigenvalue weighted by atomic mass is 15.3. The van der Waals surface area contributed by atoms with Crippen LogP contribution in [0.5, 0.6) is 0 Å². The SMILES string of the molecule is CC1CN2CCCC2CN1C(=N)C1CCCCC1. The number of hydrogen-bond acceptors (Lipinski definition) is 2. The molecule has 0 aromatic rings. The maximum Gasteiger partial charge on any atom is 0.0992 e. The van der Waals surface area contributed by atoms with Gasteiger partial charge in [-0.25, -0.2) is 0 Å². The third-order valence-corrected chi connectivity index (χ3v) is 5.24. The van der Waals surface area contributed by atoms with Gasteiger partial charge in [0.15, 0.2) is 0 Å². The van der Waals surface area contributed by atoms with E-state index in [0.29, 0.717) is 12.0 Å². The van der Waals surface area contributed by atoms with Crippen LogP contribution in [0.2, 0.25) is 0 Å². The Kier molecular flexibility index (Phi) is 3.60. The first-order chi connectivity index (χ1) is 8.75. The number of rotatable bonds is 1. The van der Waals surface area contributed by atoms with Crippen molar-refractivity contribution in [3.63, 3.8) is 0 Å². The number of piperazine rings is 1. The van der Waals surface area contributed by atoms with E-state index in [0.717, 1.165) is 18.4 Å². The van der Waals surface area contributed by atoms with Crippen LogP contribution in [0.25, 0.3) is 0 Å². The molecule has 18 heavy (non-hydrogen) atoms. The second kappa shape index (κ2) is 5.20. The highest BCUT2D eigenvalue weighted by molar-refractivity contribution is 5.82. The topological polar surface area (TPSA) is 30.3 Å². The van der Waals surface area contributed by atoms with Crippen molar-refractivity contribution in [3.8, 4) is 0 Å². The van der Waals surface area contributed by atoms with E-state index in [1.165, 1.54) is 58.0 Å². The fourth-order valence-electron chi connectivity index (χ4n) is 4.13. The van der Waals surface area contributed by atoms with Crippen LogP contribution in [0.3, 0.4) is 0 Å². The van der Waals surface area contributed by atoms with Gasteiger partial charge in [0.1, 0.15) is 0 Å². The number of fused-ring (bicyclic) bond motifs is 1. The minimum Gasteiger partial charge on any atom is -0.355 e. The monoisotopic (exact) mass is 249 g/mol. The second-order valence-corrected chi connectivity index (χ2v) is 6.51. The van der Waals surface area contributed by atoms with Gasteiger partial charge in [-0.2, -0.15) is 0 Å². The fraction of sp³-hybridized carbons (Fsp3) is 0.933. The largest absolute Gasteiger partial charge is 0.355 e. The van der Waals surface area contributed by atoms with E-state index in [2.05, 4.69) is 16.7 Å². The van der Waals surface area contributed by atoms with Gasteiger partial charge in [0.05, 0.1) is 5.84 Å². The maximum absolute atomic E-state index is 8.57. The molecule has 2 atom stereocenters. The molecule has 1 aliphatic carbocycles. The van der Waals surface area contributed by atoms with E-state index < -0.39 is 0 Å². The van der Waals surface area contributed by atoms with Crippen LogP contribution in [0, 0.1) is 11.3 Å². The minimum atomic E-state index is 0.550. The van der Waals surface area contributed by atoms with Crippen molar-refractivity contribution in [3.05, 3.63) is 0 Å². The van der Waals surface area contributed by atoms with Crippen molar-refractivity contribution in [2.45, 2.75) is 64.0 Å². The Labute approximate surface area is 111 Å². The Hall–Kier alpha value is -0.570. The van der Waals surface area contributed by atoms with E-state index >= 15 is 0 Å². The van der Waals surface area contributed by atoms with Crippen molar-refractivity contribution in [2.24, 2.45) is 5.92 Å². The molecule has 0 bridgehead atoms. The predicted molar refractivity (Wildman–Crippen MR) is 75.1 cm³/mol. The first-order valence-electron chi connectivity index (χ1n) is 7.85. The van der Waals surface area contributed by atoms with Crippen molar-refractivity contribution in [1.82, 2.24) is 9.80 Å². The Morgan fingerprint density at radius 3 is 2.56 bits per heavy atom. The molecule has 0 spiro atoms. The third kappa shape index (κ3) is 2.29. The van der Waals surface area contributed by atoms with E-state index in [4.69, 9.17) is 5.41 Å². The molecule has 2 unspecified atom stereocenters. The summed E-state index contributed by atoms with van der Waals surface area (Å²) in [5.41, 5.74) is 0. The molecular formula is C15H27N3. The van der Waals surface area contributed by atoms with Gasteiger partial charge in [0, 0.05) is 31.1 Å². The van der Waals surface area contributed by atoms with Crippen LogP contribution < -0.4 is 0 Å². The standard InChI is InChI=1S/C15H27N3/c1-12-10-17-9-5-8-14(17)11-18(12)15(16)13-6-3-2-4-7-13/h12-14,16H,2-11H2,1H3. The lowest BCUT2D eigenvalue weighted by atomic mass is 9.87. The van der Waals surface area contributed by atoms with E-state index in [9.17, 15) is 0 Å². The molecule has 3 rings (SSSR count). The Morgan fingerprint density at radius 2 is 1.78 bits per heavy atom. The van der Waals surface area contributed by atoms with Crippen LogP contribution in [-0.4, -0.2) is 47.4 Å². The molecule has 102 valence electrons. The molecule has 3 aliphatic rings. The van der Waals surface area contributed by atoms with Gasteiger partial charge in [-0.05, 0) is 39.2 Å². The second-order valence-electron chi connectivity index (χ2n) is 6.51. The Morgan fingerprint density at radius 1 is 1.00 bits per heavy atom. The molecule has 3 heteroatoms. The Bertz CT molecular complexity index is 309. The van der Waals surface area contributed by atoms with Crippen LogP contribution in [0.4, 0.5) is 0 Å². The third-order valence-electron chi connectivity index (χ3n) is 5.24. The van der Waals surface area contributed by atoms with Gasteiger partial charge in [-0.15, -0.1) is 0 Å². The quantitative estimate of drug-likeness (QED) is 0.572. The highest BCUT2D eigenvalue weighted by Crippen LogP contribution is 2.30. The molecule has 2 heterocycles. The molecule has 2 aliphatic heterocycles. The van der Waals surface area contributed by atoms with Gasteiger partial charge >= 0.3 is 0 Å². The van der Waals surface area contributed by atoms with Crippen LogP contribution in [-0.2, 0) is 0 Å². The normalized spacial score (nSPS) is 34.6. The first-order valence-corrected chi connectivity index (χ1v) is 7.85. The molecule has 1 saturated carbocycles. The first kappa shape index (κ1) is 12.5. The highest BCUT2D eigenvalue weighted by Gasteiger charge is 2.36. The lowest BCUT2D eigenvalue weighted by Crippen LogP contribution is -2.57. The van der Waals surface area contributed by atoms with E-state index in [-0.39, 0.29) is 0 Å². The lowest BCUT2D eigenvalue weighted by Gasteiger charge is -2.45. The van der Waals surface area contributed by atoms with Crippen LogP contribution >= 0.6 is 0 Å². The molecular weight excluding hydrogens is 222 g/mol. The van der Waals surface area contributed by atoms with Gasteiger partial charge < -0.3 is 4.90 Å². The number of nitrogens with zero attached hydrogens (tertiary/aromatic N) is 2. The molecule has 0 amide bonds. The summed E-state index contributed by atoms with van der Waals surface area (Å²) in [5.74, 6) is 1.53. The molecule has 3 fully saturated rings. The van der Waals surface area contributed by atoms with E-state index in [1.807, 2.05) is 0 Å². The fourth-order valence-corrected chi connectivity index (χ4v) is 4.13. The summed E-state index contributed by atoms with van der Waals surface area (Å²) in [6.45, 7) is 5.90.